The van der Waals surface area contributed by atoms with Gasteiger partial charge in [-0.05, 0) is 18.2 Å². The van der Waals surface area contributed by atoms with Crippen LogP contribution in [-0.4, -0.2) is 24.1 Å². The number of carboxylic acid groups (broad SMARTS) is 1. The molecule has 0 atom stereocenters. The molecule has 0 aliphatic heterocycles. The molecule has 6 heteroatoms. The van der Waals surface area contributed by atoms with Crippen molar-refractivity contribution in [2.75, 3.05) is 12.4 Å². The predicted octanol–water partition coefficient (Wildman–Crippen LogP) is 1.48. The number of aliphatic carboxylic acids is 1. The quantitative estimate of drug-likeness (QED) is 0.801. The Kier molecular flexibility index (Phi) is 3.68. The first kappa shape index (κ1) is 11.5. The second-order valence-electron chi connectivity index (χ2n) is 2.60. The van der Waals surface area contributed by atoms with E-state index < -0.39 is 11.9 Å². The molecular formula is C9H8BrNO4. The average molecular weight is 274 g/mol. The van der Waals surface area contributed by atoms with Gasteiger partial charge in [0.05, 0.1) is 12.8 Å². The highest BCUT2D eigenvalue weighted by Gasteiger charge is 2.13. The number of anilines is 1. The average Bonchev–Trinajstić information content (AvgIpc) is 2.18. The maximum Gasteiger partial charge on any atom is 0.394 e. The number of halogens is 1. The largest absolute Gasteiger partial charge is 0.495 e. The molecule has 80 valence electrons. The van der Waals surface area contributed by atoms with Crippen LogP contribution in [0.3, 0.4) is 0 Å². The summed E-state index contributed by atoms with van der Waals surface area (Å²) >= 11 is 3.20. The van der Waals surface area contributed by atoms with Crippen molar-refractivity contribution in [2.24, 2.45) is 0 Å². The lowest BCUT2D eigenvalue weighted by atomic mass is 10.3. The third-order valence-electron chi connectivity index (χ3n) is 1.60. The number of carbonyl (C=O) groups is 2. The van der Waals surface area contributed by atoms with E-state index in [4.69, 9.17) is 9.84 Å². The molecule has 0 unspecified atom stereocenters. The molecule has 1 aromatic carbocycles. The van der Waals surface area contributed by atoms with E-state index in [0.29, 0.717) is 15.9 Å². The highest BCUT2D eigenvalue weighted by atomic mass is 79.9. The van der Waals surface area contributed by atoms with Gasteiger partial charge in [0.25, 0.3) is 0 Å². The zero-order valence-electron chi connectivity index (χ0n) is 7.78. The Hall–Kier alpha value is -1.56. The molecule has 15 heavy (non-hydrogen) atoms. The molecule has 1 aromatic rings. The van der Waals surface area contributed by atoms with Crippen LogP contribution in [0.2, 0.25) is 0 Å². The van der Waals surface area contributed by atoms with Gasteiger partial charge in [-0.3, -0.25) is 4.79 Å². The number of hydrogen-bond donors (Lipinski definition) is 2. The number of nitrogens with one attached hydrogen (secondary N) is 1. The van der Waals surface area contributed by atoms with E-state index in [-0.39, 0.29) is 0 Å². The van der Waals surface area contributed by atoms with Crippen LogP contribution in [0, 0.1) is 0 Å². The van der Waals surface area contributed by atoms with E-state index in [9.17, 15) is 9.59 Å². The summed E-state index contributed by atoms with van der Waals surface area (Å²) in [5.41, 5.74) is 0.305. The molecule has 0 aromatic heterocycles. The number of rotatable bonds is 2. The molecule has 2 N–H and O–H groups in total. The van der Waals surface area contributed by atoms with Gasteiger partial charge in [-0.2, -0.15) is 0 Å². The van der Waals surface area contributed by atoms with Crippen LogP contribution in [0.1, 0.15) is 0 Å². The Bertz CT molecular complexity index is 405. The van der Waals surface area contributed by atoms with Crippen LogP contribution in [0.5, 0.6) is 5.75 Å². The van der Waals surface area contributed by atoms with Crippen LogP contribution < -0.4 is 10.1 Å². The first-order valence-corrected chi connectivity index (χ1v) is 4.71. The summed E-state index contributed by atoms with van der Waals surface area (Å²) in [6.07, 6.45) is 0. The summed E-state index contributed by atoms with van der Waals surface area (Å²) in [4.78, 5) is 21.2. The van der Waals surface area contributed by atoms with Crippen LogP contribution in [0.4, 0.5) is 5.69 Å². The monoisotopic (exact) mass is 273 g/mol. The molecule has 5 nitrogen and oxygen atoms in total. The van der Waals surface area contributed by atoms with Crippen LogP contribution in [0.25, 0.3) is 0 Å². The standard InChI is InChI=1S/C9H8BrNO4/c1-15-7-3-2-5(10)4-6(7)11-8(12)9(13)14/h2-4H,1H3,(H,11,12)(H,13,14). The minimum absolute atomic E-state index is 0.305. The minimum atomic E-state index is -1.54. The van der Waals surface area contributed by atoms with Crippen molar-refractivity contribution in [1.82, 2.24) is 0 Å². The fourth-order valence-corrected chi connectivity index (χ4v) is 1.31. The summed E-state index contributed by atoms with van der Waals surface area (Å²) in [6.45, 7) is 0. The Morgan fingerprint density at radius 1 is 1.47 bits per heavy atom. The van der Waals surface area contributed by atoms with Gasteiger partial charge in [0.15, 0.2) is 0 Å². The SMILES string of the molecule is COc1ccc(Br)cc1NC(=O)C(=O)O. The van der Waals surface area contributed by atoms with E-state index in [0.717, 1.165) is 0 Å². The van der Waals surface area contributed by atoms with Gasteiger partial charge in [0.2, 0.25) is 0 Å². The fraction of sp³-hybridized carbons (Fsp3) is 0.111. The molecule has 0 radical (unpaired) electrons. The molecule has 0 saturated carbocycles. The van der Waals surface area contributed by atoms with Gasteiger partial charge in [-0.15, -0.1) is 0 Å². The smallest absolute Gasteiger partial charge is 0.394 e. The lowest BCUT2D eigenvalue weighted by Crippen LogP contribution is -2.22. The van der Waals surface area contributed by atoms with Gasteiger partial charge in [-0.25, -0.2) is 4.79 Å². The number of carbonyl (C=O) groups excluding carboxylic acids is 1. The van der Waals surface area contributed by atoms with Crippen molar-refractivity contribution in [2.45, 2.75) is 0 Å². The Morgan fingerprint density at radius 2 is 2.13 bits per heavy atom. The summed E-state index contributed by atoms with van der Waals surface area (Å²) in [7, 11) is 1.43. The van der Waals surface area contributed by atoms with E-state index in [1.807, 2.05) is 0 Å². The Morgan fingerprint density at radius 3 is 2.67 bits per heavy atom. The first-order chi connectivity index (χ1) is 7.04. The summed E-state index contributed by atoms with van der Waals surface area (Å²) in [6, 6.07) is 4.89. The van der Waals surface area contributed by atoms with Crippen LogP contribution >= 0.6 is 15.9 Å². The molecule has 0 spiro atoms. The second-order valence-corrected chi connectivity index (χ2v) is 3.52. The number of benzene rings is 1. The topological polar surface area (TPSA) is 75.6 Å². The summed E-state index contributed by atoms with van der Waals surface area (Å²) in [5, 5.41) is 10.6. The highest BCUT2D eigenvalue weighted by molar-refractivity contribution is 9.10. The normalized spacial score (nSPS) is 9.47. The summed E-state index contributed by atoms with van der Waals surface area (Å²) < 4.78 is 5.66. The third kappa shape index (κ3) is 2.95. The Labute approximate surface area is 94.2 Å². The fourth-order valence-electron chi connectivity index (χ4n) is 0.954. The van der Waals surface area contributed by atoms with Crippen molar-refractivity contribution in [3.63, 3.8) is 0 Å². The zero-order chi connectivity index (χ0) is 11.4. The van der Waals surface area contributed by atoms with Gasteiger partial charge < -0.3 is 15.2 Å². The van der Waals surface area contributed by atoms with Crippen molar-refractivity contribution in [1.29, 1.82) is 0 Å². The molecule has 0 aliphatic rings. The van der Waals surface area contributed by atoms with Crippen molar-refractivity contribution < 1.29 is 19.4 Å². The molecule has 1 amide bonds. The van der Waals surface area contributed by atoms with E-state index in [2.05, 4.69) is 21.2 Å². The lowest BCUT2D eigenvalue weighted by Gasteiger charge is -2.08. The molecule has 0 heterocycles. The van der Waals surface area contributed by atoms with Crippen molar-refractivity contribution in [3.8, 4) is 5.75 Å². The van der Waals surface area contributed by atoms with Gasteiger partial charge in [0, 0.05) is 4.47 Å². The predicted molar refractivity (Wildman–Crippen MR) is 57.0 cm³/mol. The maximum absolute atomic E-state index is 10.9. The van der Waals surface area contributed by atoms with E-state index in [1.54, 1.807) is 18.2 Å². The molecule has 0 fully saturated rings. The number of amides is 1. The van der Waals surface area contributed by atoms with Crippen LogP contribution in [0.15, 0.2) is 22.7 Å². The number of carboxylic acids is 1. The third-order valence-corrected chi connectivity index (χ3v) is 2.10. The maximum atomic E-state index is 10.9. The minimum Gasteiger partial charge on any atom is -0.495 e. The number of ether oxygens (including phenoxy) is 1. The van der Waals surface area contributed by atoms with Crippen LogP contribution in [-0.2, 0) is 9.59 Å². The number of hydrogen-bond acceptors (Lipinski definition) is 3. The molecule has 1 rings (SSSR count). The van der Waals surface area contributed by atoms with Crippen molar-refractivity contribution in [3.05, 3.63) is 22.7 Å². The second kappa shape index (κ2) is 4.79. The molecule has 0 aliphatic carbocycles. The molecular weight excluding hydrogens is 266 g/mol. The van der Waals surface area contributed by atoms with Gasteiger partial charge >= 0.3 is 11.9 Å². The molecule has 0 saturated heterocycles. The first-order valence-electron chi connectivity index (χ1n) is 3.92. The van der Waals surface area contributed by atoms with E-state index in [1.165, 1.54) is 7.11 Å². The highest BCUT2D eigenvalue weighted by Crippen LogP contribution is 2.27. The molecule has 0 bridgehead atoms. The van der Waals surface area contributed by atoms with E-state index >= 15 is 0 Å². The summed E-state index contributed by atoms with van der Waals surface area (Å²) in [5.74, 6) is -2.25. The Balaban J connectivity index is 2.97. The number of methoxy groups -OCH3 is 1. The lowest BCUT2D eigenvalue weighted by molar-refractivity contribution is -0.147. The van der Waals surface area contributed by atoms with Gasteiger partial charge in [-0.1, -0.05) is 15.9 Å². The zero-order valence-corrected chi connectivity index (χ0v) is 9.37. The van der Waals surface area contributed by atoms with Gasteiger partial charge in [0.1, 0.15) is 5.75 Å². The van der Waals surface area contributed by atoms with Crippen molar-refractivity contribution >= 4 is 33.5 Å².